The zero-order valence-corrected chi connectivity index (χ0v) is 14.8. The molecule has 1 aliphatic rings. The fourth-order valence-electron chi connectivity index (χ4n) is 2.86. The number of hydrogen-bond acceptors (Lipinski definition) is 2. The van der Waals surface area contributed by atoms with Gasteiger partial charge in [0.1, 0.15) is 0 Å². The van der Waals surface area contributed by atoms with Crippen LogP contribution in [0.25, 0.3) is 0 Å². The molecule has 0 bridgehead atoms. The van der Waals surface area contributed by atoms with Gasteiger partial charge in [0.05, 0.1) is 12.5 Å². The quantitative estimate of drug-likeness (QED) is 0.812. The number of alkyl halides is 3. The molecule has 1 N–H and O–H groups in total. The summed E-state index contributed by atoms with van der Waals surface area (Å²) in [7, 11) is 0. The number of benzene rings is 1. The Hall–Kier alpha value is -2.31. The lowest BCUT2D eigenvalue weighted by Crippen LogP contribution is -2.25. The predicted molar refractivity (Wildman–Crippen MR) is 92.8 cm³/mol. The first-order valence-electron chi connectivity index (χ1n) is 8.82. The second-order valence-corrected chi connectivity index (χ2v) is 6.85. The van der Waals surface area contributed by atoms with Crippen molar-refractivity contribution in [2.45, 2.75) is 51.7 Å². The highest BCUT2D eigenvalue weighted by Crippen LogP contribution is 2.42. The summed E-state index contributed by atoms with van der Waals surface area (Å²) in [6, 6.07) is 8.65. The summed E-state index contributed by atoms with van der Waals surface area (Å²) in [5.74, 6) is -0.616. The van der Waals surface area contributed by atoms with E-state index in [1.54, 1.807) is 6.92 Å². The molecular formula is C19H22F3N3O. The monoisotopic (exact) mass is 365 g/mol. The van der Waals surface area contributed by atoms with Crippen molar-refractivity contribution < 1.29 is 18.0 Å². The lowest BCUT2D eigenvalue weighted by Gasteiger charge is -2.14. The first kappa shape index (κ1) is 18.5. The zero-order valence-electron chi connectivity index (χ0n) is 14.8. The number of halogens is 3. The molecule has 1 aromatic carbocycles. The van der Waals surface area contributed by atoms with Crippen LogP contribution >= 0.6 is 0 Å². The Morgan fingerprint density at radius 2 is 1.96 bits per heavy atom. The average molecular weight is 365 g/mol. The molecule has 2 aromatic rings. The third-order valence-corrected chi connectivity index (χ3v) is 4.62. The topological polar surface area (TPSA) is 46.9 Å². The molecule has 1 unspecified atom stereocenters. The van der Waals surface area contributed by atoms with E-state index in [9.17, 15) is 18.0 Å². The van der Waals surface area contributed by atoms with Crippen molar-refractivity contribution in [2.75, 3.05) is 5.32 Å². The second-order valence-electron chi connectivity index (χ2n) is 6.85. The molecule has 1 saturated carbocycles. The molecule has 1 amide bonds. The number of carbonyl (C=O) groups excluding carboxylic acids is 1. The van der Waals surface area contributed by atoms with E-state index in [0.717, 1.165) is 25.3 Å². The fourth-order valence-corrected chi connectivity index (χ4v) is 2.86. The van der Waals surface area contributed by atoms with E-state index in [-0.39, 0.29) is 18.4 Å². The van der Waals surface area contributed by atoms with Gasteiger partial charge in [-0.15, -0.1) is 0 Å². The summed E-state index contributed by atoms with van der Waals surface area (Å²) in [6.07, 6.45) is -1.82. The van der Waals surface area contributed by atoms with Gasteiger partial charge >= 0.3 is 6.18 Å². The molecule has 0 saturated heterocycles. The summed E-state index contributed by atoms with van der Waals surface area (Å²) >= 11 is 0. The highest BCUT2D eigenvalue weighted by molar-refractivity contribution is 5.92. The average Bonchev–Trinajstić information content (AvgIpc) is 3.34. The first-order chi connectivity index (χ1) is 12.3. The smallest absolute Gasteiger partial charge is 0.326 e. The van der Waals surface area contributed by atoms with E-state index in [2.05, 4.69) is 10.4 Å². The Morgan fingerprint density at radius 3 is 2.50 bits per heavy atom. The Bertz CT molecular complexity index is 776. The number of amides is 1. The van der Waals surface area contributed by atoms with Crippen LogP contribution < -0.4 is 5.32 Å². The molecule has 1 fully saturated rings. The number of carbonyl (C=O) groups is 1. The summed E-state index contributed by atoms with van der Waals surface area (Å²) in [5.41, 5.74) is 1.53. The molecule has 1 heterocycles. The van der Waals surface area contributed by atoms with Crippen molar-refractivity contribution in [1.82, 2.24) is 9.78 Å². The van der Waals surface area contributed by atoms with Gasteiger partial charge in [-0.2, -0.15) is 18.3 Å². The minimum absolute atomic E-state index is 0.121. The van der Waals surface area contributed by atoms with Gasteiger partial charge in [-0.3, -0.25) is 9.48 Å². The van der Waals surface area contributed by atoms with Crippen LogP contribution in [0.4, 0.5) is 18.9 Å². The van der Waals surface area contributed by atoms with Crippen LogP contribution in [0.3, 0.4) is 0 Å². The van der Waals surface area contributed by atoms with Gasteiger partial charge in [-0.25, -0.2) is 0 Å². The number of hydrogen-bond donors (Lipinski definition) is 1. The van der Waals surface area contributed by atoms with Crippen LogP contribution in [0.2, 0.25) is 0 Å². The van der Waals surface area contributed by atoms with E-state index in [0.29, 0.717) is 11.4 Å². The van der Waals surface area contributed by atoms with Crippen LogP contribution in [-0.2, 0) is 23.9 Å². The number of anilines is 1. The molecule has 0 radical (unpaired) electrons. The van der Waals surface area contributed by atoms with Gasteiger partial charge in [-0.05, 0) is 43.0 Å². The second kappa shape index (κ2) is 7.13. The summed E-state index contributed by atoms with van der Waals surface area (Å²) < 4.78 is 40.2. The molecular weight excluding hydrogens is 343 g/mol. The largest absolute Gasteiger partial charge is 0.435 e. The van der Waals surface area contributed by atoms with Crippen LogP contribution in [0.5, 0.6) is 0 Å². The van der Waals surface area contributed by atoms with Crippen LogP contribution in [-0.4, -0.2) is 15.7 Å². The molecule has 0 aliphatic heterocycles. The minimum atomic E-state index is -4.47. The van der Waals surface area contributed by atoms with E-state index >= 15 is 0 Å². The standard InChI is InChI=1S/C19H22F3N3O/c1-3-13-4-8-15(9-5-13)23-18(26)12(2)11-25-16(14-6-7-14)10-17(24-25)19(20,21)22/h4-5,8-10,12,14H,3,6-7,11H2,1-2H3,(H,23,26). The van der Waals surface area contributed by atoms with Crippen LogP contribution in [0.1, 0.15) is 49.6 Å². The summed E-state index contributed by atoms with van der Waals surface area (Å²) in [4.78, 5) is 12.4. The maximum atomic E-state index is 13.0. The van der Waals surface area contributed by atoms with Crippen molar-refractivity contribution in [3.05, 3.63) is 47.3 Å². The maximum Gasteiger partial charge on any atom is 0.435 e. The molecule has 1 aliphatic carbocycles. The molecule has 26 heavy (non-hydrogen) atoms. The highest BCUT2D eigenvalue weighted by Gasteiger charge is 2.38. The van der Waals surface area contributed by atoms with Crippen molar-refractivity contribution >= 4 is 11.6 Å². The van der Waals surface area contributed by atoms with Gasteiger partial charge < -0.3 is 5.32 Å². The van der Waals surface area contributed by atoms with Gasteiger partial charge in [0.15, 0.2) is 5.69 Å². The third-order valence-electron chi connectivity index (χ3n) is 4.62. The van der Waals surface area contributed by atoms with Gasteiger partial charge in [0.2, 0.25) is 5.91 Å². The lowest BCUT2D eigenvalue weighted by atomic mass is 10.1. The molecule has 1 aromatic heterocycles. The Balaban J connectivity index is 1.69. The lowest BCUT2D eigenvalue weighted by molar-refractivity contribution is -0.141. The molecule has 3 rings (SSSR count). The molecule has 1 atom stereocenters. The molecule has 4 nitrogen and oxygen atoms in total. The highest BCUT2D eigenvalue weighted by atomic mass is 19.4. The van der Waals surface area contributed by atoms with E-state index in [1.165, 1.54) is 10.2 Å². The van der Waals surface area contributed by atoms with E-state index in [1.807, 2.05) is 31.2 Å². The Morgan fingerprint density at radius 1 is 1.31 bits per heavy atom. The zero-order chi connectivity index (χ0) is 18.9. The number of aromatic nitrogens is 2. The number of nitrogens with one attached hydrogen (secondary N) is 1. The van der Waals surface area contributed by atoms with E-state index < -0.39 is 17.8 Å². The number of aryl methyl sites for hydroxylation is 1. The van der Waals surface area contributed by atoms with Crippen molar-refractivity contribution in [3.8, 4) is 0 Å². The maximum absolute atomic E-state index is 13.0. The van der Waals surface area contributed by atoms with Crippen molar-refractivity contribution in [1.29, 1.82) is 0 Å². The molecule has 140 valence electrons. The molecule has 7 heteroatoms. The SMILES string of the molecule is CCc1ccc(NC(=O)C(C)Cn2nc(C(F)(F)F)cc2C2CC2)cc1. The molecule has 0 spiro atoms. The summed E-state index contributed by atoms with van der Waals surface area (Å²) in [6.45, 7) is 3.87. The van der Waals surface area contributed by atoms with Crippen molar-refractivity contribution in [3.63, 3.8) is 0 Å². The third kappa shape index (κ3) is 4.26. The van der Waals surface area contributed by atoms with Gasteiger partial charge in [0, 0.05) is 17.3 Å². The fraction of sp³-hybridized carbons (Fsp3) is 0.474. The van der Waals surface area contributed by atoms with Gasteiger partial charge in [-0.1, -0.05) is 26.0 Å². The Kier molecular flexibility index (Phi) is 5.07. The normalized spacial score (nSPS) is 15.7. The summed E-state index contributed by atoms with van der Waals surface area (Å²) in [5, 5.41) is 6.52. The number of nitrogens with zero attached hydrogens (tertiary/aromatic N) is 2. The number of rotatable bonds is 6. The van der Waals surface area contributed by atoms with E-state index in [4.69, 9.17) is 0 Å². The van der Waals surface area contributed by atoms with Crippen molar-refractivity contribution in [2.24, 2.45) is 5.92 Å². The van der Waals surface area contributed by atoms with Crippen LogP contribution in [0.15, 0.2) is 30.3 Å². The predicted octanol–water partition coefficient (Wildman–Crippen LogP) is 4.62. The Labute approximate surface area is 150 Å². The van der Waals surface area contributed by atoms with Gasteiger partial charge in [0.25, 0.3) is 0 Å². The minimum Gasteiger partial charge on any atom is -0.326 e. The van der Waals surface area contributed by atoms with Crippen LogP contribution in [0, 0.1) is 5.92 Å². The first-order valence-corrected chi connectivity index (χ1v) is 8.82.